The van der Waals surface area contributed by atoms with Crippen molar-refractivity contribution in [2.24, 2.45) is 0 Å². The number of carbonyl (C=O) groups is 2. The Morgan fingerprint density at radius 2 is 1.52 bits per heavy atom. The molecule has 0 amide bonds. The predicted octanol–water partition coefficient (Wildman–Crippen LogP) is 3.66. The van der Waals surface area contributed by atoms with Gasteiger partial charge < -0.3 is 9.47 Å². The van der Waals surface area contributed by atoms with Gasteiger partial charge in [0.2, 0.25) is 0 Å². The molecule has 1 rings (SSSR count). The molecule has 4 nitrogen and oxygen atoms in total. The zero-order valence-corrected chi connectivity index (χ0v) is 12.9. The first-order valence-corrected chi connectivity index (χ1v) is 7.38. The molecule has 0 fully saturated rings. The van der Waals surface area contributed by atoms with E-state index in [9.17, 15) is 22.8 Å². The van der Waals surface area contributed by atoms with Gasteiger partial charge in [0.1, 0.15) is 12.4 Å². The Morgan fingerprint density at radius 1 is 0.913 bits per heavy atom. The van der Waals surface area contributed by atoms with Crippen LogP contribution in [0.4, 0.5) is 13.2 Å². The van der Waals surface area contributed by atoms with Crippen LogP contribution in [-0.2, 0) is 25.7 Å². The highest BCUT2D eigenvalue weighted by Gasteiger charge is 2.13. The third-order valence-corrected chi connectivity index (χ3v) is 3.02. The average molecular weight is 332 g/mol. The highest BCUT2D eigenvalue weighted by molar-refractivity contribution is 5.77. The molecule has 0 radical (unpaired) electrons. The van der Waals surface area contributed by atoms with Gasteiger partial charge in [-0.05, 0) is 12.5 Å². The van der Waals surface area contributed by atoms with Crippen molar-refractivity contribution in [1.29, 1.82) is 0 Å². The Hall–Kier alpha value is -2.05. The van der Waals surface area contributed by atoms with Crippen molar-refractivity contribution in [2.45, 2.75) is 45.6 Å². The van der Waals surface area contributed by atoms with Crippen molar-refractivity contribution < 1.29 is 32.2 Å². The van der Waals surface area contributed by atoms with Crippen LogP contribution in [0.2, 0.25) is 0 Å². The average Bonchev–Trinajstić information content (AvgIpc) is 2.51. The van der Waals surface area contributed by atoms with Crippen molar-refractivity contribution in [3.63, 3.8) is 0 Å². The predicted molar refractivity (Wildman–Crippen MR) is 75.8 cm³/mol. The summed E-state index contributed by atoms with van der Waals surface area (Å²) in [5.41, 5.74) is -0.278. The summed E-state index contributed by atoms with van der Waals surface area (Å²) in [6.45, 7) is 1.79. The van der Waals surface area contributed by atoms with Crippen molar-refractivity contribution in [3.05, 3.63) is 35.1 Å². The molecule has 7 heteroatoms. The number of hydrogen-bond donors (Lipinski definition) is 0. The third-order valence-electron chi connectivity index (χ3n) is 3.02. The smallest absolute Gasteiger partial charge is 0.306 e. The molecule has 0 saturated carbocycles. The molecule has 0 aliphatic carbocycles. The zero-order chi connectivity index (χ0) is 17.2. The summed E-state index contributed by atoms with van der Waals surface area (Å²) in [4.78, 5) is 22.8. The number of benzene rings is 1. The zero-order valence-electron chi connectivity index (χ0n) is 12.9. The van der Waals surface area contributed by atoms with Gasteiger partial charge in [-0.15, -0.1) is 0 Å². The van der Waals surface area contributed by atoms with E-state index >= 15 is 0 Å². The largest absolute Gasteiger partial charge is 0.466 e. The van der Waals surface area contributed by atoms with E-state index in [1.165, 1.54) is 0 Å². The summed E-state index contributed by atoms with van der Waals surface area (Å²) >= 11 is 0. The maximum Gasteiger partial charge on any atom is 0.306 e. The molecule has 0 spiro atoms. The number of hydrogen-bond acceptors (Lipinski definition) is 4. The molecular formula is C16H19F3O4. The number of halogens is 3. The minimum atomic E-state index is -1.32. The van der Waals surface area contributed by atoms with E-state index < -0.39 is 36.0 Å². The van der Waals surface area contributed by atoms with Crippen LogP contribution in [0.5, 0.6) is 0 Å². The SMILES string of the molecule is CCCCCOC(=O)CCC(=O)OCc1cc(F)c(F)cc1F. The van der Waals surface area contributed by atoms with Gasteiger partial charge in [0.15, 0.2) is 11.6 Å². The summed E-state index contributed by atoms with van der Waals surface area (Å²) in [6, 6.07) is 1.01. The van der Waals surface area contributed by atoms with Crippen molar-refractivity contribution >= 4 is 11.9 Å². The number of unbranched alkanes of at least 4 members (excludes halogenated alkanes) is 2. The van der Waals surface area contributed by atoms with Crippen LogP contribution in [0, 0.1) is 17.5 Å². The third kappa shape index (κ3) is 7.17. The van der Waals surface area contributed by atoms with Crippen molar-refractivity contribution in [3.8, 4) is 0 Å². The van der Waals surface area contributed by atoms with Gasteiger partial charge in [-0.1, -0.05) is 19.8 Å². The molecule has 0 unspecified atom stereocenters. The molecule has 0 bridgehead atoms. The Balaban J connectivity index is 2.29. The molecule has 0 aliphatic rings. The summed E-state index contributed by atoms with van der Waals surface area (Å²) in [5, 5.41) is 0. The summed E-state index contributed by atoms with van der Waals surface area (Å²) in [5.74, 6) is -4.82. The van der Waals surface area contributed by atoms with Crippen molar-refractivity contribution in [1.82, 2.24) is 0 Å². The maximum absolute atomic E-state index is 13.3. The van der Waals surface area contributed by atoms with Gasteiger partial charge >= 0.3 is 11.9 Å². The standard InChI is InChI=1S/C16H19F3O4/c1-2-3-4-7-22-15(20)5-6-16(21)23-10-11-8-13(18)14(19)9-12(11)17/h8-9H,2-7,10H2,1H3. The number of rotatable bonds is 9. The van der Waals surface area contributed by atoms with Crippen molar-refractivity contribution in [2.75, 3.05) is 6.61 Å². The molecule has 23 heavy (non-hydrogen) atoms. The first-order chi connectivity index (χ1) is 10.9. The topological polar surface area (TPSA) is 52.6 Å². The monoisotopic (exact) mass is 332 g/mol. The molecule has 0 aliphatic heterocycles. The van der Waals surface area contributed by atoms with E-state index in [0.29, 0.717) is 18.7 Å². The number of esters is 2. The van der Waals surface area contributed by atoms with Gasteiger partial charge in [-0.2, -0.15) is 0 Å². The van der Waals surface area contributed by atoms with E-state index in [2.05, 4.69) is 0 Å². The van der Waals surface area contributed by atoms with Crippen LogP contribution in [-0.4, -0.2) is 18.5 Å². The first kappa shape index (κ1) is 19.0. The molecule has 0 aromatic heterocycles. The minimum Gasteiger partial charge on any atom is -0.466 e. The summed E-state index contributed by atoms with van der Waals surface area (Å²) < 4.78 is 48.7. The van der Waals surface area contributed by atoms with E-state index in [1.54, 1.807) is 0 Å². The summed E-state index contributed by atoms with van der Waals surface area (Å²) in [7, 11) is 0. The lowest BCUT2D eigenvalue weighted by molar-refractivity contribution is -0.151. The van der Waals surface area contributed by atoms with Gasteiger partial charge in [0, 0.05) is 11.6 Å². The van der Waals surface area contributed by atoms with E-state index in [0.717, 1.165) is 19.3 Å². The Kier molecular flexibility index (Phi) is 8.15. The van der Waals surface area contributed by atoms with Gasteiger partial charge in [-0.3, -0.25) is 9.59 Å². The fourth-order valence-electron chi connectivity index (χ4n) is 1.72. The van der Waals surface area contributed by atoms with Crippen LogP contribution < -0.4 is 0 Å². The quantitative estimate of drug-likeness (QED) is 0.393. The normalized spacial score (nSPS) is 10.4. The fourth-order valence-corrected chi connectivity index (χ4v) is 1.72. The highest BCUT2D eigenvalue weighted by Crippen LogP contribution is 2.15. The molecule has 1 aromatic carbocycles. The second-order valence-corrected chi connectivity index (χ2v) is 4.95. The summed E-state index contributed by atoms with van der Waals surface area (Å²) in [6.07, 6.45) is 2.35. The molecule has 1 aromatic rings. The van der Waals surface area contributed by atoms with Crippen LogP contribution in [0.15, 0.2) is 12.1 Å². The van der Waals surface area contributed by atoms with Crippen LogP contribution >= 0.6 is 0 Å². The number of ether oxygens (including phenoxy) is 2. The molecule has 0 N–H and O–H groups in total. The van der Waals surface area contributed by atoms with Crippen LogP contribution in [0.1, 0.15) is 44.6 Å². The van der Waals surface area contributed by atoms with E-state index in [-0.39, 0.29) is 18.4 Å². The molecule has 0 saturated heterocycles. The fraction of sp³-hybridized carbons (Fsp3) is 0.500. The second-order valence-electron chi connectivity index (χ2n) is 4.95. The minimum absolute atomic E-state index is 0.148. The molecule has 128 valence electrons. The molecular weight excluding hydrogens is 313 g/mol. The second kappa shape index (κ2) is 9.86. The first-order valence-electron chi connectivity index (χ1n) is 7.38. The Labute approximate surface area is 132 Å². The van der Waals surface area contributed by atoms with E-state index in [1.807, 2.05) is 6.92 Å². The lowest BCUT2D eigenvalue weighted by Crippen LogP contribution is -2.11. The number of carbonyl (C=O) groups excluding carboxylic acids is 2. The highest BCUT2D eigenvalue weighted by atomic mass is 19.2. The van der Waals surface area contributed by atoms with E-state index in [4.69, 9.17) is 9.47 Å². The lowest BCUT2D eigenvalue weighted by atomic mass is 10.2. The molecule has 0 heterocycles. The van der Waals surface area contributed by atoms with Gasteiger partial charge in [0.05, 0.1) is 19.4 Å². The Bertz CT molecular complexity index is 546. The van der Waals surface area contributed by atoms with Crippen LogP contribution in [0.3, 0.4) is 0 Å². The maximum atomic E-state index is 13.3. The Morgan fingerprint density at radius 3 is 2.17 bits per heavy atom. The van der Waals surface area contributed by atoms with Crippen LogP contribution in [0.25, 0.3) is 0 Å². The molecule has 0 atom stereocenters. The lowest BCUT2D eigenvalue weighted by Gasteiger charge is -2.07. The van der Waals surface area contributed by atoms with Gasteiger partial charge in [-0.25, -0.2) is 13.2 Å². The van der Waals surface area contributed by atoms with Gasteiger partial charge in [0.25, 0.3) is 0 Å².